The summed E-state index contributed by atoms with van der Waals surface area (Å²) >= 11 is 0. The van der Waals surface area contributed by atoms with E-state index in [1.807, 2.05) is 36.2 Å². The molecule has 2 amide bonds. The van der Waals surface area contributed by atoms with Crippen LogP contribution >= 0.6 is 0 Å². The number of hydrogen-bond acceptors (Lipinski definition) is 5. The summed E-state index contributed by atoms with van der Waals surface area (Å²) in [5.41, 5.74) is 2.94. The van der Waals surface area contributed by atoms with Crippen molar-refractivity contribution in [3.8, 4) is 0 Å². The number of nitrogens with zero attached hydrogens (tertiary/aromatic N) is 3. The fourth-order valence-corrected chi connectivity index (χ4v) is 5.25. The van der Waals surface area contributed by atoms with E-state index in [0.29, 0.717) is 13.0 Å². The number of likely N-dealkylation sites (tertiary alicyclic amines) is 1. The van der Waals surface area contributed by atoms with Gasteiger partial charge in [-0.3, -0.25) is 19.6 Å². The van der Waals surface area contributed by atoms with Crippen LogP contribution in [0.25, 0.3) is 0 Å². The molecule has 2 aliphatic rings. The van der Waals surface area contributed by atoms with Crippen molar-refractivity contribution >= 4 is 11.8 Å². The maximum Gasteiger partial charge on any atom is 0.246 e. The Morgan fingerprint density at radius 3 is 2.56 bits per heavy atom. The van der Waals surface area contributed by atoms with Crippen LogP contribution in [0, 0.1) is 5.92 Å². The number of rotatable bonds is 8. The molecule has 0 unspecified atom stereocenters. The molecule has 2 heterocycles. The van der Waals surface area contributed by atoms with Gasteiger partial charge in [-0.05, 0) is 51.1 Å². The minimum absolute atomic E-state index is 0.0290. The predicted octanol–water partition coefficient (Wildman–Crippen LogP) is 3.40. The molecule has 1 aliphatic heterocycles. The molecule has 4 rings (SSSR count). The van der Waals surface area contributed by atoms with Gasteiger partial charge in [0, 0.05) is 19.2 Å². The molecule has 2 fully saturated rings. The summed E-state index contributed by atoms with van der Waals surface area (Å²) in [7, 11) is 1.76. The van der Waals surface area contributed by atoms with Crippen LogP contribution in [-0.4, -0.2) is 52.4 Å². The average molecular weight is 464 g/mol. The largest absolute Gasteiger partial charge is 0.343 e. The lowest BCUT2D eigenvalue weighted by atomic mass is 9.83. The highest BCUT2D eigenvalue weighted by molar-refractivity contribution is 5.90. The summed E-state index contributed by atoms with van der Waals surface area (Å²) in [5, 5.41) is 6.09. The Hall–Kier alpha value is -2.80. The summed E-state index contributed by atoms with van der Waals surface area (Å²) in [6, 6.07) is 9.31. The van der Waals surface area contributed by atoms with Gasteiger partial charge in [-0.25, -0.2) is 0 Å². The van der Waals surface area contributed by atoms with E-state index in [2.05, 4.69) is 27.8 Å². The lowest BCUT2D eigenvalue weighted by Crippen LogP contribution is -2.55. The summed E-state index contributed by atoms with van der Waals surface area (Å²) in [4.78, 5) is 37.9. The number of benzene rings is 1. The van der Waals surface area contributed by atoms with Crippen LogP contribution in [0.5, 0.6) is 0 Å². The first-order chi connectivity index (χ1) is 16.6. The summed E-state index contributed by atoms with van der Waals surface area (Å²) < 4.78 is 0. The van der Waals surface area contributed by atoms with Crippen molar-refractivity contribution in [3.63, 3.8) is 0 Å². The highest BCUT2D eigenvalue weighted by Gasteiger charge is 2.39. The molecule has 1 saturated carbocycles. The van der Waals surface area contributed by atoms with Gasteiger partial charge in [0.2, 0.25) is 11.8 Å². The standard InChI is InChI=1S/C27H37N5O2/c1-19(28-2)26(33)31-25(21-12-7-4-8-13-21)27(34)32-15-9-14-24(32)23-18-29-17-22(30-23)16-20-10-5-3-6-11-20/h3,5-6,10-11,17-19,21,24-25,28H,4,7-9,12-16H2,1-2H3,(H,31,33)/t19-,24-,25-/m0/s1. The van der Waals surface area contributed by atoms with Gasteiger partial charge in [0.15, 0.2) is 0 Å². The first-order valence-electron chi connectivity index (χ1n) is 12.7. The molecule has 2 N–H and O–H groups in total. The molecule has 34 heavy (non-hydrogen) atoms. The summed E-state index contributed by atoms with van der Waals surface area (Å²) in [5.74, 6) is 0.0964. The van der Waals surface area contributed by atoms with Crippen LogP contribution < -0.4 is 10.6 Å². The van der Waals surface area contributed by atoms with Crippen LogP contribution in [-0.2, 0) is 16.0 Å². The normalized spacial score (nSPS) is 20.6. The zero-order chi connectivity index (χ0) is 23.9. The molecule has 182 valence electrons. The molecule has 3 atom stereocenters. The Balaban J connectivity index is 1.53. The average Bonchev–Trinajstić information content (AvgIpc) is 3.38. The monoisotopic (exact) mass is 463 g/mol. The van der Waals surface area contributed by atoms with Crippen LogP contribution in [0.3, 0.4) is 0 Å². The maximum atomic E-state index is 13.9. The van der Waals surface area contributed by atoms with Gasteiger partial charge < -0.3 is 15.5 Å². The fourth-order valence-electron chi connectivity index (χ4n) is 5.25. The summed E-state index contributed by atoms with van der Waals surface area (Å²) in [6.45, 7) is 2.51. The van der Waals surface area contributed by atoms with Crippen molar-refractivity contribution in [1.29, 1.82) is 0 Å². The number of aromatic nitrogens is 2. The highest BCUT2D eigenvalue weighted by atomic mass is 16.2. The predicted molar refractivity (Wildman–Crippen MR) is 132 cm³/mol. The van der Waals surface area contributed by atoms with E-state index in [4.69, 9.17) is 4.98 Å². The molecule has 0 spiro atoms. The lowest BCUT2D eigenvalue weighted by molar-refractivity contribution is -0.139. The molecule has 1 saturated heterocycles. The second kappa shape index (κ2) is 11.6. The second-order valence-electron chi connectivity index (χ2n) is 9.68. The van der Waals surface area contributed by atoms with E-state index in [9.17, 15) is 9.59 Å². The molecule has 1 aromatic carbocycles. The van der Waals surface area contributed by atoms with Gasteiger partial charge in [0.1, 0.15) is 6.04 Å². The van der Waals surface area contributed by atoms with Crippen molar-refractivity contribution in [2.24, 2.45) is 5.92 Å². The third kappa shape index (κ3) is 5.81. The number of carbonyl (C=O) groups is 2. The second-order valence-corrected chi connectivity index (χ2v) is 9.68. The Bertz CT molecular complexity index is 961. The lowest BCUT2D eigenvalue weighted by Gasteiger charge is -2.35. The molecule has 1 aromatic heterocycles. The quantitative estimate of drug-likeness (QED) is 0.627. The van der Waals surface area contributed by atoms with Crippen molar-refractivity contribution in [2.75, 3.05) is 13.6 Å². The van der Waals surface area contributed by atoms with E-state index < -0.39 is 6.04 Å². The minimum Gasteiger partial charge on any atom is -0.343 e. The summed E-state index contributed by atoms with van der Waals surface area (Å²) in [6.07, 6.45) is 11.5. The maximum absolute atomic E-state index is 13.9. The molecular formula is C27H37N5O2. The Labute approximate surface area is 202 Å². The smallest absolute Gasteiger partial charge is 0.246 e. The SMILES string of the molecule is CN[C@@H](C)C(=O)N[C@H](C(=O)N1CCC[C@H]1c1cncc(Cc2ccccc2)n1)C1CCCCC1. The topological polar surface area (TPSA) is 87.2 Å². The molecule has 0 bridgehead atoms. The first kappa shape index (κ1) is 24.3. The van der Waals surface area contributed by atoms with Crippen LogP contribution in [0.15, 0.2) is 42.7 Å². The van der Waals surface area contributed by atoms with Crippen molar-refractivity contribution < 1.29 is 9.59 Å². The zero-order valence-electron chi connectivity index (χ0n) is 20.4. The molecule has 1 aliphatic carbocycles. The highest BCUT2D eigenvalue weighted by Crippen LogP contribution is 2.34. The Kier molecular flexibility index (Phi) is 8.27. The number of amides is 2. The molecule has 7 nitrogen and oxygen atoms in total. The number of likely N-dealkylation sites (N-methyl/N-ethyl adjacent to an activating group) is 1. The van der Waals surface area contributed by atoms with Gasteiger partial charge in [-0.15, -0.1) is 0 Å². The van der Waals surface area contributed by atoms with Crippen LogP contribution in [0.4, 0.5) is 0 Å². The van der Waals surface area contributed by atoms with Crippen LogP contribution in [0.1, 0.15) is 74.9 Å². The van der Waals surface area contributed by atoms with Crippen LogP contribution in [0.2, 0.25) is 0 Å². The van der Waals surface area contributed by atoms with Gasteiger partial charge in [-0.1, -0.05) is 49.6 Å². The van der Waals surface area contributed by atoms with E-state index in [0.717, 1.165) is 49.9 Å². The van der Waals surface area contributed by atoms with Gasteiger partial charge in [0.25, 0.3) is 0 Å². The third-order valence-corrected chi connectivity index (χ3v) is 7.32. The number of carbonyl (C=O) groups excluding carboxylic acids is 2. The van der Waals surface area contributed by atoms with E-state index in [-0.39, 0.29) is 29.8 Å². The molecular weight excluding hydrogens is 426 g/mol. The van der Waals surface area contributed by atoms with Crippen molar-refractivity contribution in [2.45, 2.75) is 76.4 Å². The third-order valence-electron chi connectivity index (χ3n) is 7.32. The van der Waals surface area contributed by atoms with Gasteiger partial charge in [0.05, 0.1) is 29.7 Å². The number of hydrogen-bond donors (Lipinski definition) is 2. The molecule has 2 aromatic rings. The fraction of sp³-hybridized carbons (Fsp3) is 0.556. The van der Waals surface area contributed by atoms with Gasteiger partial charge in [-0.2, -0.15) is 0 Å². The zero-order valence-corrected chi connectivity index (χ0v) is 20.4. The van der Waals surface area contributed by atoms with E-state index in [1.54, 1.807) is 13.2 Å². The van der Waals surface area contributed by atoms with Crippen molar-refractivity contribution in [1.82, 2.24) is 25.5 Å². The minimum atomic E-state index is -0.482. The van der Waals surface area contributed by atoms with E-state index in [1.165, 1.54) is 12.0 Å². The number of nitrogens with one attached hydrogen (secondary N) is 2. The Morgan fingerprint density at radius 2 is 1.82 bits per heavy atom. The van der Waals surface area contributed by atoms with Crippen molar-refractivity contribution in [3.05, 3.63) is 59.7 Å². The first-order valence-corrected chi connectivity index (χ1v) is 12.7. The molecule has 0 radical (unpaired) electrons. The van der Waals surface area contributed by atoms with E-state index >= 15 is 0 Å². The Morgan fingerprint density at radius 1 is 1.06 bits per heavy atom. The molecule has 7 heteroatoms. The van der Waals surface area contributed by atoms with Gasteiger partial charge >= 0.3 is 0 Å².